The van der Waals surface area contributed by atoms with Crippen LogP contribution in [0.5, 0.6) is 5.75 Å². The lowest BCUT2D eigenvalue weighted by molar-refractivity contribution is -0.215. The first kappa shape index (κ1) is 22.2. The SMILES string of the molecule is N#Cc1ccc(OC[C@H]2CN(c3ccc(C#N)c(C(F)(F)F)c3)[C@@H](C(F)(F)F)O2)cc1. The number of hydrogen-bond donors (Lipinski definition) is 0. The highest BCUT2D eigenvalue weighted by Gasteiger charge is 2.51. The first-order chi connectivity index (χ1) is 14.5. The molecule has 2 aromatic carbocycles. The fourth-order valence-corrected chi connectivity index (χ4v) is 3.06. The summed E-state index contributed by atoms with van der Waals surface area (Å²) in [5.41, 5.74) is -2.03. The zero-order valence-electron chi connectivity index (χ0n) is 15.5. The standard InChI is InChI=1S/C20H13F6N3O2/c21-19(22,23)17-7-14(4-3-13(17)9-28)29-10-16(31-18(29)20(24,25)26)11-30-15-5-1-12(8-27)2-6-15/h1-7,16,18H,10-11H2/t16-,18-/m1/s1. The van der Waals surface area contributed by atoms with Gasteiger partial charge in [-0.15, -0.1) is 0 Å². The summed E-state index contributed by atoms with van der Waals surface area (Å²) in [5, 5.41) is 17.6. The van der Waals surface area contributed by atoms with E-state index in [0.717, 1.165) is 12.1 Å². The van der Waals surface area contributed by atoms with Crippen molar-refractivity contribution >= 4 is 5.69 Å². The maximum atomic E-state index is 13.5. The summed E-state index contributed by atoms with van der Waals surface area (Å²) in [4.78, 5) is 0.656. The molecule has 0 aliphatic carbocycles. The highest BCUT2D eigenvalue weighted by molar-refractivity contribution is 5.56. The van der Waals surface area contributed by atoms with E-state index in [1.165, 1.54) is 30.3 Å². The molecule has 1 heterocycles. The van der Waals surface area contributed by atoms with Crippen molar-refractivity contribution in [2.45, 2.75) is 24.7 Å². The minimum Gasteiger partial charge on any atom is -0.491 e. The molecular weight excluding hydrogens is 428 g/mol. The van der Waals surface area contributed by atoms with E-state index in [4.69, 9.17) is 20.0 Å². The van der Waals surface area contributed by atoms with Crippen molar-refractivity contribution in [1.29, 1.82) is 10.5 Å². The third-order valence-electron chi connectivity index (χ3n) is 4.46. The lowest BCUT2D eigenvalue weighted by Crippen LogP contribution is -2.42. The van der Waals surface area contributed by atoms with E-state index in [1.807, 2.05) is 6.07 Å². The number of alkyl halides is 6. The molecule has 11 heteroatoms. The van der Waals surface area contributed by atoms with E-state index in [0.29, 0.717) is 22.3 Å². The van der Waals surface area contributed by atoms with Crippen LogP contribution in [0.1, 0.15) is 16.7 Å². The smallest absolute Gasteiger partial charge is 0.433 e. The van der Waals surface area contributed by atoms with E-state index in [1.54, 1.807) is 0 Å². The Bertz CT molecular complexity index is 1020. The Hall–Kier alpha value is -3.44. The summed E-state index contributed by atoms with van der Waals surface area (Å²) in [6.45, 7) is -0.680. The first-order valence-corrected chi connectivity index (χ1v) is 8.76. The average molecular weight is 441 g/mol. The van der Waals surface area contributed by atoms with E-state index < -0.39 is 35.8 Å². The monoisotopic (exact) mass is 441 g/mol. The largest absolute Gasteiger partial charge is 0.491 e. The molecule has 5 nitrogen and oxygen atoms in total. The molecule has 162 valence electrons. The Balaban J connectivity index is 1.82. The lowest BCUT2D eigenvalue weighted by atomic mass is 10.1. The second-order valence-corrected chi connectivity index (χ2v) is 6.59. The summed E-state index contributed by atoms with van der Waals surface area (Å²) in [5.74, 6) is 0.294. The molecule has 0 bridgehead atoms. The van der Waals surface area contributed by atoms with Gasteiger partial charge in [0.15, 0.2) is 0 Å². The van der Waals surface area contributed by atoms with Crippen molar-refractivity contribution < 1.29 is 35.8 Å². The average Bonchev–Trinajstić information content (AvgIpc) is 3.16. The molecule has 1 saturated heterocycles. The third kappa shape index (κ3) is 5.01. The van der Waals surface area contributed by atoms with Crippen LogP contribution in [-0.2, 0) is 10.9 Å². The van der Waals surface area contributed by atoms with Crippen LogP contribution < -0.4 is 9.64 Å². The van der Waals surface area contributed by atoms with Crippen LogP contribution in [0.15, 0.2) is 42.5 Å². The molecule has 31 heavy (non-hydrogen) atoms. The zero-order chi connectivity index (χ0) is 22.8. The number of benzene rings is 2. The number of hydrogen-bond acceptors (Lipinski definition) is 5. The minimum absolute atomic E-state index is 0.294. The van der Waals surface area contributed by atoms with Crippen molar-refractivity contribution in [3.8, 4) is 17.9 Å². The molecule has 0 aromatic heterocycles. The van der Waals surface area contributed by atoms with Gasteiger partial charge in [0.2, 0.25) is 6.23 Å². The first-order valence-electron chi connectivity index (χ1n) is 8.76. The summed E-state index contributed by atoms with van der Waals surface area (Å²) < 4.78 is 90.5. The van der Waals surface area contributed by atoms with Gasteiger partial charge in [-0.1, -0.05) is 0 Å². The molecule has 2 atom stereocenters. The molecule has 0 spiro atoms. The molecule has 0 unspecified atom stereocenters. The number of nitrogens with zero attached hydrogens (tertiary/aromatic N) is 3. The Morgan fingerprint density at radius 2 is 1.68 bits per heavy atom. The van der Waals surface area contributed by atoms with Crippen molar-refractivity contribution in [1.82, 2.24) is 0 Å². The van der Waals surface area contributed by atoms with Gasteiger partial charge in [0, 0.05) is 5.69 Å². The Labute approximate surface area is 172 Å². The summed E-state index contributed by atoms with van der Waals surface area (Å²) in [6, 6.07) is 11.5. The van der Waals surface area contributed by atoms with Crippen LogP contribution >= 0.6 is 0 Å². The Kier molecular flexibility index (Phi) is 6.00. The van der Waals surface area contributed by atoms with Crippen molar-refractivity contribution in [3.05, 3.63) is 59.2 Å². The second kappa shape index (κ2) is 8.36. The van der Waals surface area contributed by atoms with Crippen molar-refractivity contribution in [3.63, 3.8) is 0 Å². The Morgan fingerprint density at radius 3 is 2.23 bits per heavy atom. The predicted octanol–water partition coefficient (Wildman–Crippen LogP) is 4.62. The molecule has 0 N–H and O–H groups in total. The van der Waals surface area contributed by atoms with Gasteiger partial charge in [-0.05, 0) is 42.5 Å². The molecule has 1 aliphatic rings. The maximum absolute atomic E-state index is 13.5. The van der Waals surface area contributed by atoms with Crippen LogP contribution in [0, 0.1) is 22.7 Å². The molecule has 1 fully saturated rings. The highest BCUT2D eigenvalue weighted by Crippen LogP contribution is 2.39. The molecule has 3 rings (SSSR count). The van der Waals surface area contributed by atoms with E-state index in [-0.39, 0.29) is 18.8 Å². The molecule has 0 amide bonds. The predicted molar refractivity (Wildman–Crippen MR) is 94.9 cm³/mol. The number of nitriles is 2. The quantitative estimate of drug-likeness (QED) is 0.648. The van der Waals surface area contributed by atoms with Gasteiger partial charge >= 0.3 is 12.4 Å². The zero-order valence-corrected chi connectivity index (χ0v) is 15.5. The van der Waals surface area contributed by atoms with Gasteiger partial charge in [-0.2, -0.15) is 36.9 Å². The van der Waals surface area contributed by atoms with E-state index in [2.05, 4.69) is 0 Å². The summed E-state index contributed by atoms with van der Waals surface area (Å²) in [7, 11) is 0. The fourth-order valence-electron chi connectivity index (χ4n) is 3.06. The van der Waals surface area contributed by atoms with Crippen molar-refractivity contribution in [2.75, 3.05) is 18.1 Å². The van der Waals surface area contributed by atoms with Gasteiger partial charge < -0.3 is 14.4 Å². The molecule has 0 saturated carbocycles. The number of halogens is 6. The van der Waals surface area contributed by atoms with Gasteiger partial charge in [0.1, 0.15) is 18.5 Å². The minimum atomic E-state index is -4.91. The number of anilines is 1. The number of rotatable bonds is 4. The topological polar surface area (TPSA) is 69.3 Å². The lowest BCUT2D eigenvalue weighted by Gasteiger charge is -2.27. The van der Waals surface area contributed by atoms with Crippen LogP contribution in [0.4, 0.5) is 32.0 Å². The molecular formula is C20H13F6N3O2. The summed E-state index contributed by atoms with van der Waals surface area (Å²) in [6.07, 6.45) is -13.4. The van der Waals surface area contributed by atoms with Crippen molar-refractivity contribution in [2.24, 2.45) is 0 Å². The van der Waals surface area contributed by atoms with Gasteiger partial charge in [0.05, 0.1) is 35.4 Å². The van der Waals surface area contributed by atoms with Gasteiger partial charge in [-0.25, -0.2) is 0 Å². The number of ether oxygens (including phenoxy) is 2. The van der Waals surface area contributed by atoms with E-state index in [9.17, 15) is 26.3 Å². The van der Waals surface area contributed by atoms with Gasteiger partial charge in [-0.3, -0.25) is 0 Å². The van der Waals surface area contributed by atoms with Crippen LogP contribution in [0.2, 0.25) is 0 Å². The van der Waals surface area contributed by atoms with Gasteiger partial charge in [0.25, 0.3) is 0 Å². The van der Waals surface area contributed by atoms with Crippen LogP contribution in [-0.4, -0.2) is 31.7 Å². The van der Waals surface area contributed by atoms with Crippen LogP contribution in [0.25, 0.3) is 0 Å². The maximum Gasteiger partial charge on any atom is 0.433 e. The van der Waals surface area contributed by atoms with Crippen LogP contribution in [0.3, 0.4) is 0 Å². The third-order valence-corrected chi connectivity index (χ3v) is 4.46. The van der Waals surface area contributed by atoms with E-state index >= 15 is 0 Å². The second-order valence-electron chi connectivity index (χ2n) is 6.59. The molecule has 2 aromatic rings. The molecule has 0 radical (unpaired) electrons. The highest BCUT2D eigenvalue weighted by atomic mass is 19.4. The fraction of sp³-hybridized carbons (Fsp3) is 0.300. The Morgan fingerprint density at radius 1 is 1.00 bits per heavy atom. The normalized spacial score (nSPS) is 19.0. The summed E-state index contributed by atoms with van der Waals surface area (Å²) >= 11 is 0. The molecule has 1 aliphatic heterocycles.